The van der Waals surface area contributed by atoms with E-state index in [1.807, 2.05) is 48.3 Å². The molecule has 2 fully saturated rings. The molecule has 0 spiro atoms. The monoisotopic (exact) mass is 504 g/mol. The molecule has 11 nitrogen and oxygen atoms in total. The number of alkyl carbamates (subject to hydrolysis) is 2. The highest BCUT2D eigenvalue weighted by Gasteiger charge is 2.30. The fourth-order valence-electron chi connectivity index (χ4n) is 3.64. The lowest BCUT2D eigenvalue weighted by Crippen LogP contribution is -2.54. The van der Waals surface area contributed by atoms with Gasteiger partial charge in [-0.05, 0) is 74.5 Å². The number of hydrogen-bond donors (Lipinski definition) is 3. The second kappa shape index (κ2) is 15.9. The Kier molecular flexibility index (Phi) is 15.0. The van der Waals surface area contributed by atoms with E-state index < -0.39 is 11.2 Å². The molecule has 0 saturated carbocycles. The van der Waals surface area contributed by atoms with Gasteiger partial charge in [0, 0.05) is 27.3 Å². The van der Waals surface area contributed by atoms with Crippen LogP contribution in [-0.4, -0.2) is 107 Å². The molecular weight excluding hydrogens is 456 g/mol. The third-order valence-electron chi connectivity index (χ3n) is 5.20. The fraction of sp³-hybridized carbons (Fsp3) is 0.875. The molecule has 2 rings (SSSR count). The quantitative estimate of drug-likeness (QED) is 0.526. The predicted molar refractivity (Wildman–Crippen MR) is 135 cm³/mol. The van der Waals surface area contributed by atoms with Gasteiger partial charge in [0.25, 0.3) is 0 Å². The Hall–Kier alpha value is -1.95. The zero-order valence-corrected chi connectivity index (χ0v) is 23.1. The molecule has 4 atom stereocenters. The standard InChI is InChI=1S/C12H24N2O3.C11H22N2O3.CH2O/c1-12(2,3)17-11(15)13-9-6-7-14(4)8-10(9)16-5;1-11(2,3)16-10(14)13-8-5-6-12-7-9(8)15-4;1-2/h9-10H,6-8H2,1-5H3,(H,13,15);8-9,12H,5-7H2,1-4H3,(H,13,14);1H2/t9-,10-;8-,9-;/m11./s1. The van der Waals surface area contributed by atoms with E-state index in [1.54, 1.807) is 14.2 Å². The van der Waals surface area contributed by atoms with Crippen molar-refractivity contribution in [3.8, 4) is 0 Å². The molecule has 0 radical (unpaired) electrons. The maximum Gasteiger partial charge on any atom is 0.407 e. The fourth-order valence-corrected chi connectivity index (χ4v) is 3.64. The summed E-state index contributed by atoms with van der Waals surface area (Å²) in [5.41, 5.74) is -0.919. The van der Waals surface area contributed by atoms with E-state index in [4.69, 9.17) is 23.7 Å². The minimum absolute atomic E-state index is 0.0151. The number of nitrogens with one attached hydrogen (secondary N) is 3. The van der Waals surface area contributed by atoms with Crippen molar-refractivity contribution in [2.24, 2.45) is 0 Å². The first-order valence-corrected chi connectivity index (χ1v) is 12.0. The first-order valence-electron chi connectivity index (χ1n) is 12.0. The van der Waals surface area contributed by atoms with Crippen molar-refractivity contribution in [2.45, 2.75) is 89.9 Å². The van der Waals surface area contributed by atoms with Crippen molar-refractivity contribution in [1.82, 2.24) is 20.9 Å². The summed E-state index contributed by atoms with van der Waals surface area (Å²) in [5, 5.41) is 8.95. The second-order valence-electron chi connectivity index (χ2n) is 10.6. The molecule has 0 aliphatic carbocycles. The number of amides is 2. The number of carbonyl (C=O) groups excluding carboxylic acids is 3. The van der Waals surface area contributed by atoms with Gasteiger partial charge in [-0.25, -0.2) is 9.59 Å². The molecule has 0 aromatic rings. The first-order chi connectivity index (χ1) is 16.2. The van der Waals surface area contributed by atoms with Crippen LogP contribution in [0, 0.1) is 0 Å². The van der Waals surface area contributed by atoms with Crippen LogP contribution in [0.2, 0.25) is 0 Å². The maximum absolute atomic E-state index is 11.7. The molecule has 0 aromatic heterocycles. The molecule has 11 heteroatoms. The molecule has 0 unspecified atom stereocenters. The number of likely N-dealkylation sites (tertiary alicyclic amines) is 1. The Morgan fingerprint density at radius 3 is 1.74 bits per heavy atom. The van der Waals surface area contributed by atoms with Gasteiger partial charge in [-0.1, -0.05) is 0 Å². The lowest BCUT2D eigenvalue weighted by molar-refractivity contribution is -0.0980. The molecule has 2 aliphatic heterocycles. The van der Waals surface area contributed by atoms with Crippen LogP contribution in [0.15, 0.2) is 0 Å². The van der Waals surface area contributed by atoms with Gasteiger partial charge in [-0.3, -0.25) is 0 Å². The summed E-state index contributed by atoms with van der Waals surface area (Å²) >= 11 is 0. The topological polar surface area (TPSA) is 127 Å². The van der Waals surface area contributed by atoms with Crippen LogP contribution in [0.5, 0.6) is 0 Å². The smallest absolute Gasteiger partial charge is 0.407 e. The molecule has 0 aromatic carbocycles. The Morgan fingerprint density at radius 2 is 1.31 bits per heavy atom. The van der Waals surface area contributed by atoms with Crippen LogP contribution in [0.3, 0.4) is 0 Å². The summed E-state index contributed by atoms with van der Waals surface area (Å²) in [5.74, 6) is 0. The number of carbonyl (C=O) groups is 3. The van der Waals surface area contributed by atoms with Crippen LogP contribution < -0.4 is 16.0 Å². The maximum atomic E-state index is 11.7. The summed E-state index contributed by atoms with van der Waals surface area (Å²) < 4.78 is 21.1. The van der Waals surface area contributed by atoms with Crippen molar-refractivity contribution in [3.63, 3.8) is 0 Å². The highest BCUT2D eigenvalue weighted by molar-refractivity contribution is 5.68. The Labute approximate surface area is 210 Å². The van der Waals surface area contributed by atoms with Gasteiger partial charge in [0.05, 0.1) is 24.3 Å². The van der Waals surface area contributed by atoms with Crippen LogP contribution in [0.25, 0.3) is 0 Å². The van der Waals surface area contributed by atoms with Crippen LogP contribution in [0.4, 0.5) is 9.59 Å². The summed E-state index contributed by atoms with van der Waals surface area (Å²) in [6, 6.07) is 0.0622. The number of nitrogens with zero attached hydrogens (tertiary/aromatic N) is 1. The van der Waals surface area contributed by atoms with Gasteiger partial charge in [0.15, 0.2) is 0 Å². The normalized spacial score (nSPS) is 25.1. The molecule has 2 heterocycles. The van der Waals surface area contributed by atoms with Crippen molar-refractivity contribution in [1.29, 1.82) is 0 Å². The summed E-state index contributed by atoms with van der Waals surface area (Å²) in [7, 11) is 5.38. The summed E-state index contributed by atoms with van der Waals surface area (Å²) in [6.07, 6.45) is 1.05. The zero-order valence-electron chi connectivity index (χ0n) is 23.1. The second-order valence-corrected chi connectivity index (χ2v) is 10.6. The molecule has 206 valence electrons. The lowest BCUT2D eigenvalue weighted by atomic mass is 10.0. The highest BCUT2D eigenvalue weighted by atomic mass is 16.6. The van der Waals surface area contributed by atoms with E-state index in [9.17, 15) is 9.59 Å². The molecule has 0 bridgehead atoms. The predicted octanol–water partition coefficient (Wildman–Crippen LogP) is 1.93. The minimum Gasteiger partial charge on any atom is -0.444 e. The third-order valence-corrected chi connectivity index (χ3v) is 5.20. The zero-order chi connectivity index (χ0) is 27.2. The number of ether oxygens (including phenoxy) is 4. The molecule has 3 N–H and O–H groups in total. The Bertz CT molecular complexity index is 622. The van der Waals surface area contributed by atoms with E-state index in [0.29, 0.717) is 0 Å². The number of hydrogen-bond acceptors (Lipinski definition) is 9. The van der Waals surface area contributed by atoms with Gasteiger partial charge in [0.2, 0.25) is 0 Å². The van der Waals surface area contributed by atoms with Crippen LogP contribution in [0.1, 0.15) is 54.4 Å². The third kappa shape index (κ3) is 14.9. The minimum atomic E-state index is -0.460. The Balaban J connectivity index is 0.000000618. The van der Waals surface area contributed by atoms with Crippen LogP contribution in [-0.2, 0) is 23.7 Å². The van der Waals surface area contributed by atoms with Crippen molar-refractivity contribution in [2.75, 3.05) is 47.4 Å². The number of methoxy groups -OCH3 is 2. The molecule has 2 aliphatic rings. The highest BCUT2D eigenvalue weighted by Crippen LogP contribution is 2.14. The van der Waals surface area contributed by atoms with Crippen molar-refractivity contribution in [3.05, 3.63) is 0 Å². The van der Waals surface area contributed by atoms with E-state index in [-0.39, 0.29) is 36.5 Å². The summed E-state index contributed by atoms with van der Waals surface area (Å²) in [4.78, 5) is 33.4. The van der Waals surface area contributed by atoms with Gasteiger partial charge in [-0.2, -0.15) is 0 Å². The largest absolute Gasteiger partial charge is 0.444 e. The molecular formula is C24H48N4O7. The van der Waals surface area contributed by atoms with Gasteiger partial charge in [-0.15, -0.1) is 0 Å². The van der Waals surface area contributed by atoms with E-state index in [1.165, 1.54) is 0 Å². The van der Waals surface area contributed by atoms with Crippen molar-refractivity contribution >= 4 is 19.0 Å². The van der Waals surface area contributed by atoms with E-state index in [0.717, 1.165) is 39.0 Å². The molecule has 2 saturated heterocycles. The lowest BCUT2D eigenvalue weighted by Gasteiger charge is -2.36. The molecule has 35 heavy (non-hydrogen) atoms. The van der Waals surface area contributed by atoms with E-state index >= 15 is 0 Å². The van der Waals surface area contributed by atoms with E-state index in [2.05, 4.69) is 27.9 Å². The average molecular weight is 505 g/mol. The summed E-state index contributed by atoms with van der Waals surface area (Å²) in [6.45, 7) is 16.6. The first kappa shape index (κ1) is 33.0. The Morgan fingerprint density at radius 1 is 0.857 bits per heavy atom. The van der Waals surface area contributed by atoms with Gasteiger partial charge >= 0.3 is 12.2 Å². The molecule has 2 amide bonds. The van der Waals surface area contributed by atoms with Crippen LogP contribution >= 0.6 is 0 Å². The number of piperidine rings is 2. The van der Waals surface area contributed by atoms with Crippen molar-refractivity contribution < 1.29 is 33.3 Å². The number of rotatable bonds is 4. The average Bonchev–Trinajstić information content (AvgIpc) is 2.74. The van der Waals surface area contributed by atoms with Gasteiger partial charge in [0.1, 0.15) is 18.0 Å². The SMILES string of the molecule is C=O.CO[C@@H]1CN(C)CC[C@H]1NC(=O)OC(C)(C)C.CO[C@@H]1CNCC[C@H]1NC(=O)OC(C)(C)C. The number of likely N-dealkylation sites (N-methyl/N-ethyl adjacent to an activating group) is 1. The van der Waals surface area contributed by atoms with Gasteiger partial charge < -0.3 is 44.6 Å².